The number of piperazine rings is 1. The predicted molar refractivity (Wildman–Crippen MR) is 142 cm³/mol. The van der Waals surface area contributed by atoms with Crippen LogP contribution in [0.3, 0.4) is 0 Å². The van der Waals surface area contributed by atoms with Gasteiger partial charge in [0.15, 0.2) is 18.2 Å². The Hall–Kier alpha value is -3.41. The Bertz CT molecular complexity index is 1290. The highest BCUT2D eigenvalue weighted by Gasteiger charge is 2.16. The minimum absolute atomic E-state index is 0.114. The zero-order valence-corrected chi connectivity index (χ0v) is 21.4. The minimum atomic E-state index is -0.316. The summed E-state index contributed by atoms with van der Waals surface area (Å²) in [7, 11) is 5.41. The zero-order valence-electron chi connectivity index (χ0n) is 20.7. The highest BCUT2D eigenvalue weighted by Crippen LogP contribution is 2.28. The number of rotatable bonds is 9. The lowest BCUT2D eigenvalue weighted by Crippen LogP contribution is -2.44. The number of ether oxygens (including phenoxy) is 1. The van der Waals surface area contributed by atoms with Gasteiger partial charge in [-0.2, -0.15) is 4.98 Å². The van der Waals surface area contributed by atoms with E-state index in [1.165, 1.54) is 7.05 Å². The maximum atomic E-state index is 13.1. The van der Waals surface area contributed by atoms with Crippen molar-refractivity contribution in [1.29, 1.82) is 0 Å². The van der Waals surface area contributed by atoms with Crippen molar-refractivity contribution in [3.63, 3.8) is 0 Å². The number of likely N-dealkylation sites (N-methyl/N-ethyl adjacent to an activating group) is 2. The Morgan fingerprint density at radius 1 is 1.25 bits per heavy atom. The lowest BCUT2D eigenvalue weighted by Gasteiger charge is -2.27. The number of hydrogen-bond acceptors (Lipinski definition) is 9. The van der Waals surface area contributed by atoms with E-state index in [9.17, 15) is 9.59 Å². The number of benzene rings is 1. The van der Waals surface area contributed by atoms with Crippen LogP contribution in [0.4, 0.5) is 17.5 Å². The molecule has 0 aliphatic carbocycles. The first-order chi connectivity index (χ1) is 17.4. The summed E-state index contributed by atoms with van der Waals surface area (Å²) in [6.45, 7) is 4.28. The van der Waals surface area contributed by atoms with E-state index in [4.69, 9.17) is 16.3 Å². The SMILES string of the molecule is CNC(=O)COc1cc2cc(Nc3nc(N4CCNCC4)ncc3Cl)ccc2n(CCN(C)C)c1=O. The fraction of sp³-hybridized carbons (Fsp3) is 0.417. The van der Waals surface area contributed by atoms with Crippen molar-refractivity contribution in [2.75, 3.05) is 70.7 Å². The van der Waals surface area contributed by atoms with Crippen molar-refractivity contribution >= 4 is 45.9 Å². The summed E-state index contributed by atoms with van der Waals surface area (Å²) in [4.78, 5) is 38.0. The van der Waals surface area contributed by atoms with Gasteiger partial charge in [0.2, 0.25) is 5.95 Å². The molecule has 1 aromatic carbocycles. The molecule has 0 bridgehead atoms. The summed E-state index contributed by atoms with van der Waals surface area (Å²) in [6.07, 6.45) is 1.60. The van der Waals surface area contributed by atoms with E-state index in [0.717, 1.165) is 42.8 Å². The lowest BCUT2D eigenvalue weighted by atomic mass is 10.1. The largest absolute Gasteiger partial charge is 0.478 e. The number of nitrogens with one attached hydrogen (secondary N) is 3. The van der Waals surface area contributed by atoms with Gasteiger partial charge in [-0.25, -0.2) is 4.98 Å². The number of carbonyl (C=O) groups is 1. The highest BCUT2D eigenvalue weighted by atomic mass is 35.5. The molecule has 1 fully saturated rings. The number of nitrogens with zero attached hydrogens (tertiary/aromatic N) is 5. The van der Waals surface area contributed by atoms with Gasteiger partial charge in [0.25, 0.3) is 11.5 Å². The van der Waals surface area contributed by atoms with Gasteiger partial charge in [-0.3, -0.25) is 9.59 Å². The van der Waals surface area contributed by atoms with Crippen LogP contribution in [0.15, 0.2) is 35.3 Å². The summed E-state index contributed by atoms with van der Waals surface area (Å²) in [5.41, 5.74) is 1.22. The number of pyridine rings is 1. The van der Waals surface area contributed by atoms with E-state index in [0.29, 0.717) is 29.9 Å². The molecule has 3 heterocycles. The summed E-state index contributed by atoms with van der Waals surface area (Å²) in [5, 5.41) is 10.3. The van der Waals surface area contributed by atoms with Crippen LogP contribution in [0.25, 0.3) is 10.9 Å². The number of hydrogen-bond donors (Lipinski definition) is 3. The average molecular weight is 515 g/mol. The van der Waals surface area contributed by atoms with Crippen LogP contribution in [0.5, 0.6) is 5.75 Å². The van der Waals surface area contributed by atoms with Gasteiger partial charge in [0.05, 0.1) is 11.7 Å². The molecule has 2 aromatic heterocycles. The van der Waals surface area contributed by atoms with Crippen molar-refractivity contribution in [2.24, 2.45) is 0 Å². The van der Waals surface area contributed by atoms with Crippen LogP contribution in [-0.2, 0) is 11.3 Å². The van der Waals surface area contributed by atoms with E-state index in [1.807, 2.05) is 37.2 Å². The Morgan fingerprint density at radius 2 is 2.03 bits per heavy atom. The predicted octanol–water partition coefficient (Wildman–Crippen LogP) is 1.28. The second-order valence-electron chi connectivity index (χ2n) is 8.73. The van der Waals surface area contributed by atoms with E-state index in [1.54, 1.807) is 16.8 Å². The molecule has 1 amide bonds. The molecule has 0 saturated carbocycles. The molecule has 12 heteroatoms. The van der Waals surface area contributed by atoms with Crippen LogP contribution in [0.2, 0.25) is 5.02 Å². The van der Waals surface area contributed by atoms with Gasteiger partial charge >= 0.3 is 0 Å². The Labute approximate surface area is 214 Å². The van der Waals surface area contributed by atoms with Gasteiger partial charge in [-0.15, -0.1) is 0 Å². The summed E-state index contributed by atoms with van der Waals surface area (Å²) in [5.74, 6) is 0.912. The molecule has 1 saturated heterocycles. The summed E-state index contributed by atoms with van der Waals surface area (Å²) >= 11 is 6.40. The second kappa shape index (κ2) is 11.5. The Morgan fingerprint density at radius 3 is 2.75 bits per heavy atom. The first-order valence-electron chi connectivity index (χ1n) is 11.8. The second-order valence-corrected chi connectivity index (χ2v) is 9.14. The van der Waals surface area contributed by atoms with Crippen molar-refractivity contribution in [3.05, 3.63) is 45.8 Å². The van der Waals surface area contributed by atoms with Crippen LogP contribution >= 0.6 is 11.6 Å². The maximum absolute atomic E-state index is 13.1. The number of carbonyl (C=O) groups excluding carboxylic acids is 1. The Kier molecular flexibility index (Phi) is 8.24. The molecule has 3 N–H and O–H groups in total. The van der Waals surface area contributed by atoms with Gasteiger partial charge in [-0.1, -0.05) is 11.6 Å². The van der Waals surface area contributed by atoms with E-state index < -0.39 is 0 Å². The number of anilines is 3. The van der Waals surface area contributed by atoms with Crippen LogP contribution in [0.1, 0.15) is 0 Å². The molecule has 0 spiro atoms. The lowest BCUT2D eigenvalue weighted by molar-refractivity contribution is -0.122. The van der Waals surface area contributed by atoms with Gasteiger partial charge < -0.3 is 35.1 Å². The third-order valence-corrected chi connectivity index (χ3v) is 6.14. The molecule has 0 atom stereocenters. The average Bonchev–Trinajstić information content (AvgIpc) is 2.88. The Balaban J connectivity index is 1.67. The van der Waals surface area contributed by atoms with Gasteiger partial charge in [0, 0.05) is 57.4 Å². The maximum Gasteiger partial charge on any atom is 0.293 e. The van der Waals surface area contributed by atoms with Crippen LogP contribution < -0.4 is 31.1 Å². The molecular weight excluding hydrogens is 484 g/mol. The smallest absolute Gasteiger partial charge is 0.293 e. The first kappa shape index (κ1) is 25.7. The molecule has 0 radical (unpaired) electrons. The molecule has 1 aliphatic heterocycles. The number of halogens is 1. The summed E-state index contributed by atoms with van der Waals surface area (Å²) < 4.78 is 7.24. The number of amides is 1. The first-order valence-corrected chi connectivity index (χ1v) is 12.1. The molecular formula is C24H31ClN8O3. The molecule has 192 valence electrons. The van der Waals surface area contributed by atoms with Crippen molar-refractivity contribution < 1.29 is 9.53 Å². The van der Waals surface area contributed by atoms with Gasteiger partial charge in [0.1, 0.15) is 5.02 Å². The topological polar surface area (TPSA) is 117 Å². The third kappa shape index (κ3) is 6.04. The highest BCUT2D eigenvalue weighted by molar-refractivity contribution is 6.32. The standard InChI is InChI=1S/C24H31ClN8O3/c1-26-21(34)15-36-20-13-16-12-17(4-5-19(16)33(23(20)35)11-10-31(2)3)29-22-18(25)14-28-24(30-22)32-8-6-27-7-9-32/h4-5,12-14,27H,6-11,15H2,1-3H3,(H,26,34)(H,28,29,30). The monoisotopic (exact) mass is 514 g/mol. The van der Waals surface area contributed by atoms with Crippen molar-refractivity contribution in [1.82, 2.24) is 30.1 Å². The molecule has 3 aromatic rings. The fourth-order valence-corrected chi connectivity index (χ4v) is 4.02. The van der Waals surface area contributed by atoms with E-state index in [-0.39, 0.29) is 23.8 Å². The number of fused-ring (bicyclic) bond motifs is 1. The van der Waals surface area contributed by atoms with Crippen molar-refractivity contribution in [3.8, 4) is 5.75 Å². The third-order valence-electron chi connectivity index (χ3n) is 5.86. The molecule has 36 heavy (non-hydrogen) atoms. The molecule has 11 nitrogen and oxygen atoms in total. The molecule has 0 unspecified atom stereocenters. The molecule has 4 rings (SSSR count). The normalized spacial score (nSPS) is 13.8. The molecule has 1 aliphatic rings. The van der Waals surface area contributed by atoms with Gasteiger partial charge in [-0.05, 0) is 38.4 Å². The quantitative estimate of drug-likeness (QED) is 0.388. The zero-order chi connectivity index (χ0) is 25.7. The van der Waals surface area contributed by atoms with Crippen LogP contribution in [0, 0.1) is 0 Å². The summed E-state index contributed by atoms with van der Waals surface area (Å²) in [6, 6.07) is 7.31. The van der Waals surface area contributed by atoms with Crippen LogP contribution in [-0.4, -0.2) is 85.8 Å². The van der Waals surface area contributed by atoms with E-state index >= 15 is 0 Å². The van der Waals surface area contributed by atoms with Crippen molar-refractivity contribution in [2.45, 2.75) is 6.54 Å². The number of aromatic nitrogens is 3. The minimum Gasteiger partial charge on any atom is -0.478 e. The fourth-order valence-electron chi connectivity index (χ4n) is 3.88. The van der Waals surface area contributed by atoms with E-state index in [2.05, 4.69) is 30.8 Å².